The number of hydrogen-bond acceptors (Lipinski definition) is 2. The van der Waals surface area contributed by atoms with Crippen molar-refractivity contribution in [2.45, 2.75) is 38.5 Å². The molecule has 0 N–H and O–H groups in total. The van der Waals surface area contributed by atoms with Crippen LogP contribution in [0.3, 0.4) is 0 Å². The minimum atomic E-state index is -0.138. The Labute approximate surface area is 326 Å². The third-order valence-corrected chi connectivity index (χ3v) is 13.2. The molecule has 0 unspecified atom stereocenters. The first-order chi connectivity index (χ1) is 27.3. The molecular weight excluding hydrogens is 679 g/mol. The lowest BCUT2D eigenvalue weighted by atomic mass is 9.82. The molecule has 0 bridgehead atoms. The van der Waals surface area contributed by atoms with Gasteiger partial charge < -0.3 is 9.32 Å². The van der Waals surface area contributed by atoms with E-state index >= 15 is 0 Å². The van der Waals surface area contributed by atoms with E-state index in [0.717, 1.165) is 39.0 Å². The van der Waals surface area contributed by atoms with Gasteiger partial charge in [0.1, 0.15) is 11.2 Å². The molecule has 0 radical (unpaired) electrons. The molecular formula is C54H39NO. The maximum Gasteiger partial charge on any atom is 0.137 e. The molecule has 266 valence electrons. The van der Waals surface area contributed by atoms with Crippen molar-refractivity contribution in [2.75, 3.05) is 4.90 Å². The molecule has 10 aromatic rings. The van der Waals surface area contributed by atoms with Crippen LogP contribution < -0.4 is 4.90 Å². The molecule has 2 nitrogen and oxygen atoms in total. The second-order valence-corrected chi connectivity index (χ2v) is 16.9. The molecule has 12 rings (SSSR count). The fourth-order valence-electron chi connectivity index (χ4n) is 10.5. The molecule has 2 aliphatic rings. The van der Waals surface area contributed by atoms with E-state index in [2.05, 4.69) is 196 Å². The summed E-state index contributed by atoms with van der Waals surface area (Å²) in [4.78, 5) is 2.48. The summed E-state index contributed by atoms with van der Waals surface area (Å²) in [5.41, 5.74) is 15.6. The van der Waals surface area contributed by atoms with Crippen LogP contribution in [-0.2, 0) is 10.8 Å². The van der Waals surface area contributed by atoms with Crippen LogP contribution in [0.15, 0.2) is 168 Å². The molecule has 1 heterocycles. The van der Waals surface area contributed by atoms with Crippen molar-refractivity contribution >= 4 is 71.3 Å². The Bertz CT molecular complexity index is 3290. The number of benzene rings is 9. The highest BCUT2D eigenvalue weighted by Crippen LogP contribution is 2.54. The fraction of sp³-hybridized carbons (Fsp3) is 0.111. The van der Waals surface area contributed by atoms with Crippen molar-refractivity contribution in [1.82, 2.24) is 0 Å². The highest BCUT2D eigenvalue weighted by molar-refractivity contribution is 6.26. The number of rotatable bonds is 3. The van der Waals surface area contributed by atoms with E-state index in [-0.39, 0.29) is 10.8 Å². The van der Waals surface area contributed by atoms with Gasteiger partial charge in [0.25, 0.3) is 0 Å². The Kier molecular flexibility index (Phi) is 6.22. The van der Waals surface area contributed by atoms with Gasteiger partial charge in [0.05, 0.1) is 11.1 Å². The molecule has 56 heavy (non-hydrogen) atoms. The number of anilines is 3. The quantitative estimate of drug-likeness (QED) is 0.169. The molecule has 0 aliphatic heterocycles. The van der Waals surface area contributed by atoms with Crippen LogP contribution in [0.1, 0.15) is 49.9 Å². The lowest BCUT2D eigenvalue weighted by molar-refractivity contribution is 0.647. The average molecular weight is 718 g/mol. The Morgan fingerprint density at radius 3 is 1.55 bits per heavy atom. The summed E-state index contributed by atoms with van der Waals surface area (Å²) >= 11 is 0. The molecule has 0 amide bonds. The maximum absolute atomic E-state index is 6.83. The normalized spacial score (nSPS) is 14.7. The van der Waals surface area contributed by atoms with E-state index in [0.29, 0.717) is 0 Å². The fourth-order valence-corrected chi connectivity index (χ4v) is 10.5. The van der Waals surface area contributed by atoms with E-state index in [9.17, 15) is 0 Å². The van der Waals surface area contributed by atoms with Crippen molar-refractivity contribution in [3.63, 3.8) is 0 Å². The van der Waals surface area contributed by atoms with Gasteiger partial charge in [-0.25, -0.2) is 0 Å². The van der Waals surface area contributed by atoms with Crippen LogP contribution in [0, 0.1) is 0 Å². The largest absolute Gasteiger partial charge is 0.456 e. The van der Waals surface area contributed by atoms with Crippen LogP contribution in [0.2, 0.25) is 0 Å². The Morgan fingerprint density at radius 2 is 0.875 bits per heavy atom. The third kappa shape index (κ3) is 4.11. The van der Waals surface area contributed by atoms with Gasteiger partial charge in [-0.05, 0) is 125 Å². The Balaban J connectivity index is 1.16. The molecule has 0 atom stereocenters. The summed E-state index contributed by atoms with van der Waals surface area (Å²) in [6.07, 6.45) is 0. The van der Waals surface area contributed by atoms with E-state index < -0.39 is 0 Å². The van der Waals surface area contributed by atoms with E-state index in [4.69, 9.17) is 4.42 Å². The zero-order valence-corrected chi connectivity index (χ0v) is 31.9. The molecule has 2 heteroatoms. The van der Waals surface area contributed by atoms with E-state index in [1.54, 1.807) is 0 Å². The minimum Gasteiger partial charge on any atom is -0.456 e. The third-order valence-electron chi connectivity index (χ3n) is 13.2. The Morgan fingerprint density at radius 1 is 0.357 bits per heavy atom. The zero-order valence-electron chi connectivity index (χ0n) is 31.9. The second-order valence-electron chi connectivity index (χ2n) is 16.9. The number of fused-ring (bicyclic) bond motifs is 15. The summed E-state index contributed by atoms with van der Waals surface area (Å²) in [6, 6.07) is 60.9. The van der Waals surface area contributed by atoms with Crippen molar-refractivity contribution in [3.05, 3.63) is 186 Å². The molecule has 1 aromatic heterocycles. The molecule has 0 saturated carbocycles. The summed E-state index contributed by atoms with van der Waals surface area (Å²) in [7, 11) is 0. The first-order valence-corrected chi connectivity index (χ1v) is 19.8. The van der Waals surface area contributed by atoms with Crippen LogP contribution >= 0.6 is 0 Å². The number of furan rings is 1. The van der Waals surface area contributed by atoms with Gasteiger partial charge in [-0.3, -0.25) is 0 Å². The predicted molar refractivity (Wildman–Crippen MR) is 236 cm³/mol. The zero-order chi connectivity index (χ0) is 37.5. The van der Waals surface area contributed by atoms with Crippen LogP contribution in [0.25, 0.3) is 76.5 Å². The summed E-state index contributed by atoms with van der Waals surface area (Å²) in [5.74, 6) is 0. The molecule has 0 saturated heterocycles. The Hall–Kier alpha value is -6.64. The van der Waals surface area contributed by atoms with Gasteiger partial charge in [-0.1, -0.05) is 143 Å². The summed E-state index contributed by atoms with van der Waals surface area (Å²) in [5, 5.41) is 9.86. The average Bonchev–Trinajstić information content (AvgIpc) is 3.80. The lowest BCUT2D eigenvalue weighted by Crippen LogP contribution is -2.16. The lowest BCUT2D eigenvalue weighted by Gasteiger charge is -2.29. The van der Waals surface area contributed by atoms with Crippen molar-refractivity contribution in [2.24, 2.45) is 0 Å². The smallest absolute Gasteiger partial charge is 0.137 e. The van der Waals surface area contributed by atoms with Gasteiger partial charge in [-0.15, -0.1) is 0 Å². The first kappa shape index (κ1) is 31.7. The van der Waals surface area contributed by atoms with Gasteiger partial charge in [0, 0.05) is 27.6 Å². The SMILES string of the molecule is CC1(C)c2ccccc2-c2ccc(N(c3ccc4c5ccccc5c5ccccc5c4c3)c3cccc4oc5cc6c(cc5c34)-c3ccccc3C6(C)C)cc21. The van der Waals surface area contributed by atoms with Gasteiger partial charge >= 0.3 is 0 Å². The van der Waals surface area contributed by atoms with Crippen molar-refractivity contribution < 1.29 is 4.42 Å². The predicted octanol–water partition coefficient (Wildman–Crippen LogP) is 15.1. The maximum atomic E-state index is 6.83. The van der Waals surface area contributed by atoms with Crippen LogP contribution in [0.4, 0.5) is 17.1 Å². The van der Waals surface area contributed by atoms with Gasteiger partial charge in [-0.2, -0.15) is 0 Å². The van der Waals surface area contributed by atoms with Crippen molar-refractivity contribution in [1.29, 1.82) is 0 Å². The minimum absolute atomic E-state index is 0.110. The standard InChI is InChI=1S/C54H39NO/c1-53(2)45-20-11-9-18-39(45)41-27-25-33(29-47(41)53)55(32-24-26-38-36-16-6-5-14-34(36)35-15-7-8-17-37(35)42(38)28-32)49-22-13-23-50-52(49)44-30-43-40-19-10-12-21-46(40)54(3,4)48(43)31-51(44)56-50/h5-31H,1-4H3. The van der Waals surface area contributed by atoms with Gasteiger partial charge in [0.2, 0.25) is 0 Å². The highest BCUT2D eigenvalue weighted by atomic mass is 16.3. The molecule has 9 aromatic carbocycles. The second kappa shape index (κ2) is 11.0. The van der Waals surface area contributed by atoms with E-state index in [1.807, 2.05) is 0 Å². The molecule has 2 aliphatic carbocycles. The number of nitrogens with zero attached hydrogens (tertiary/aromatic N) is 1. The van der Waals surface area contributed by atoms with Crippen LogP contribution in [-0.4, -0.2) is 0 Å². The number of hydrogen-bond donors (Lipinski definition) is 0. The highest BCUT2D eigenvalue weighted by Gasteiger charge is 2.38. The van der Waals surface area contributed by atoms with Crippen LogP contribution in [0.5, 0.6) is 0 Å². The summed E-state index contributed by atoms with van der Waals surface area (Å²) in [6.45, 7) is 9.39. The van der Waals surface area contributed by atoms with Crippen molar-refractivity contribution in [3.8, 4) is 22.3 Å². The monoisotopic (exact) mass is 717 g/mol. The first-order valence-electron chi connectivity index (χ1n) is 19.8. The molecule has 0 fully saturated rings. The molecule has 0 spiro atoms. The van der Waals surface area contributed by atoms with Gasteiger partial charge in [0.15, 0.2) is 0 Å². The summed E-state index contributed by atoms with van der Waals surface area (Å²) < 4.78 is 6.83. The topological polar surface area (TPSA) is 16.4 Å². The van der Waals surface area contributed by atoms with E-state index in [1.165, 1.54) is 76.8 Å².